The van der Waals surface area contributed by atoms with Crippen molar-refractivity contribution < 1.29 is 0 Å². The SMILES string of the molecule is Cc1cc(C)c2c(c1)[C@@H]1C=CC[C@@H]1[C@@H](c1ccccc1Br)N2. The van der Waals surface area contributed by atoms with Crippen LogP contribution in [0.1, 0.15) is 40.6 Å². The molecule has 22 heavy (non-hydrogen) atoms. The van der Waals surface area contributed by atoms with Crippen LogP contribution in [-0.2, 0) is 0 Å². The zero-order valence-electron chi connectivity index (χ0n) is 12.9. The van der Waals surface area contributed by atoms with Crippen molar-refractivity contribution in [1.82, 2.24) is 0 Å². The third-order valence-corrected chi connectivity index (χ3v) is 5.77. The third kappa shape index (κ3) is 2.13. The largest absolute Gasteiger partial charge is 0.377 e. The van der Waals surface area contributed by atoms with E-state index in [0.29, 0.717) is 17.9 Å². The zero-order valence-corrected chi connectivity index (χ0v) is 14.5. The smallest absolute Gasteiger partial charge is 0.0565 e. The number of hydrogen-bond donors (Lipinski definition) is 1. The molecule has 1 aliphatic heterocycles. The summed E-state index contributed by atoms with van der Waals surface area (Å²) in [6, 6.07) is 13.6. The number of fused-ring (bicyclic) bond motifs is 3. The van der Waals surface area contributed by atoms with Crippen molar-refractivity contribution in [3.63, 3.8) is 0 Å². The second-order valence-electron chi connectivity index (χ2n) is 6.54. The number of anilines is 1. The van der Waals surface area contributed by atoms with Gasteiger partial charge in [-0.25, -0.2) is 0 Å². The fraction of sp³-hybridized carbons (Fsp3) is 0.300. The molecule has 0 spiro atoms. The Labute approximate surface area is 140 Å². The van der Waals surface area contributed by atoms with Crippen LogP contribution in [0.15, 0.2) is 53.0 Å². The van der Waals surface area contributed by atoms with Gasteiger partial charge in [-0.15, -0.1) is 0 Å². The molecule has 1 aliphatic carbocycles. The van der Waals surface area contributed by atoms with E-state index in [1.807, 2.05) is 0 Å². The van der Waals surface area contributed by atoms with Crippen LogP contribution >= 0.6 is 15.9 Å². The van der Waals surface area contributed by atoms with Crippen LogP contribution in [0.5, 0.6) is 0 Å². The van der Waals surface area contributed by atoms with E-state index in [1.54, 1.807) is 0 Å². The number of aryl methyl sites for hydroxylation is 2. The molecule has 1 N–H and O–H groups in total. The second kappa shape index (κ2) is 5.27. The van der Waals surface area contributed by atoms with Crippen LogP contribution in [0.3, 0.4) is 0 Å². The van der Waals surface area contributed by atoms with Gasteiger partial charge < -0.3 is 5.32 Å². The highest BCUT2D eigenvalue weighted by Gasteiger charge is 2.38. The van der Waals surface area contributed by atoms with Crippen LogP contribution in [-0.4, -0.2) is 0 Å². The maximum atomic E-state index is 3.85. The molecule has 2 heteroatoms. The molecule has 0 bridgehead atoms. The van der Waals surface area contributed by atoms with E-state index < -0.39 is 0 Å². The van der Waals surface area contributed by atoms with Gasteiger partial charge in [0.1, 0.15) is 0 Å². The maximum Gasteiger partial charge on any atom is 0.0565 e. The Morgan fingerprint density at radius 3 is 2.73 bits per heavy atom. The minimum Gasteiger partial charge on any atom is -0.377 e. The van der Waals surface area contributed by atoms with Crippen LogP contribution in [0.2, 0.25) is 0 Å². The van der Waals surface area contributed by atoms with Gasteiger partial charge in [0.05, 0.1) is 6.04 Å². The molecule has 0 saturated heterocycles. The van der Waals surface area contributed by atoms with Crippen LogP contribution in [0.4, 0.5) is 5.69 Å². The number of benzene rings is 2. The highest BCUT2D eigenvalue weighted by atomic mass is 79.9. The quantitative estimate of drug-likeness (QED) is 0.630. The standard InChI is InChI=1S/C20H20BrN/c1-12-10-13(2)19-17(11-12)14-7-5-8-15(14)20(22-19)16-6-3-4-9-18(16)21/h3-7,9-11,14-15,20,22H,8H2,1-2H3/t14-,15+,20+/m1/s1. The topological polar surface area (TPSA) is 12.0 Å². The summed E-state index contributed by atoms with van der Waals surface area (Å²) >= 11 is 3.74. The van der Waals surface area contributed by atoms with E-state index in [1.165, 1.54) is 32.4 Å². The highest BCUT2D eigenvalue weighted by Crippen LogP contribution is 2.51. The summed E-state index contributed by atoms with van der Waals surface area (Å²) in [6.45, 7) is 4.41. The summed E-state index contributed by atoms with van der Waals surface area (Å²) in [4.78, 5) is 0. The summed E-state index contributed by atoms with van der Waals surface area (Å²) in [6.07, 6.45) is 5.91. The number of rotatable bonds is 1. The molecule has 0 unspecified atom stereocenters. The van der Waals surface area contributed by atoms with Crippen molar-refractivity contribution in [3.8, 4) is 0 Å². The molecule has 0 saturated carbocycles. The highest BCUT2D eigenvalue weighted by molar-refractivity contribution is 9.10. The molecule has 112 valence electrons. The van der Waals surface area contributed by atoms with E-state index in [4.69, 9.17) is 0 Å². The van der Waals surface area contributed by atoms with E-state index in [9.17, 15) is 0 Å². The molecular formula is C20H20BrN. The third-order valence-electron chi connectivity index (χ3n) is 5.05. The van der Waals surface area contributed by atoms with Crippen LogP contribution in [0, 0.1) is 19.8 Å². The Morgan fingerprint density at radius 1 is 1.09 bits per heavy atom. The summed E-state index contributed by atoms with van der Waals surface area (Å²) in [5, 5.41) is 3.85. The van der Waals surface area contributed by atoms with Gasteiger partial charge in [0, 0.05) is 16.1 Å². The fourth-order valence-corrected chi connectivity index (χ4v) is 4.64. The van der Waals surface area contributed by atoms with Crippen molar-refractivity contribution in [2.24, 2.45) is 5.92 Å². The minimum absolute atomic E-state index is 0.365. The number of nitrogens with one attached hydrogen (secondary N) is 1. The molecule has 1 nitrogen and oxygen atoms in total. The fourth-order valence-electron chi connectivity index (χ4n) is 4.11. The summed E-state index contributed by atoms with van der Waals surface area (Å²) < 4.78 is 1.20. The van der Waals surface area contributed by atoms with Crippen molar-refractivity contribution in [2.45, 2.75) is 32.2 Å². The number of halogens is 1. The molecule has 4 rings (SSSR count). The maximum absolute atomic E-state index is 3.85. The van der Waals surface area contributed by atoms with Crippen molar-refractivity contribution in [3.05, 3.63) is 75.3 Å². The lowest BCUT2D eigenvalue weighted by Gasteiger charge is -2.39. The summed E-state index contributed by atoms with van der Waals surface area (Å²) in [5.41, 5.74) is 6.88. The first-order valence-electron chi connectivity index (χ1n) is 7.94. The lowest BCUT2D eigenvalue weighted by atomic mass is 9.76. The molecular weight excluding hydrogens is 334 g/mol. The predicted octanol–water partition coefficient (Wildman–Crippen LogP) is 5.89. The van der Waals surface area contributed by atoms with Gasteiger partial charge in [0.15, 0.2) is 0 Å². The van der Waals surface area contributed by atoms with Gasteiger partial charge in [-0.1, -0.05) is 64.0 Å². The molecule has 0 fully saturated rings. The van der Waals surface area contributed by atoms with Crippen molar-refractivity contribution in [1.29, 1.82) is 0 Å². The number of hydrogen-bond acceptors (Lipinski definition) is 1. The zero-order chi connectivity index (χ0) is 15.3. The average molecular weight is 354 g/mol. The predicted molar refractivity (Wildman–Crippen MR) is 96.4 cm³/mol. The van der Waals surface area contributed by atoms with Gasteiger partial charge in [-0.2, -0.15) is 0 Å². The summed E-state index contributed by atoms with van der Waals surface area (Å²) in [5.74, 6) is 1.14. The lowest BCUT2D eigenvalue weighted by molar-refractivity contribution is 0.424. The summed E-state index contributed by atoms with van der Waals surface area (Å²) in [7, 11) is 0. The molecule has 0 aromatic heterocycles. The van der Waals surface area contributed by atoms with E-state index in [2.05, 4.69) is 83.6 Å². The van der Waals surface area contributed by atoms with Crippen molar-refractivity contribution in [2.75, 3.05) is 5.32 Å². The molecule has 2 aliphatic rings. The van der Waals surface area contributed by atoms with E-state index >= 15 is 0 Å². The van der Waals surface area contributed by atoms with Gasteiger partial charge in [-0.3, -0.25) is 0 Å². The lowest BCUT2D eigenvalue weighted by Crippen LogP contribution is -2.30. The van der Waals surface area contributed by atoms with Crippen LogP contribution < -0.4 is 5.32 Å². The first kappa shape index (κ1) is 14.1. The van der Waals surface area contributed by atoms with Gasteiger partial charge >= 0.3 is 0 Å². The second-order valence-corrected chi connectivity index (χ2v) is 7.40. The first-order chi connectivity index (χ1) is 10.6. The molecule has 2 aromatic rings. The monoisotopic (exact) mass is 353 g/mol. The normalized spacial score (nSPS) is 25.5. The number of allylic oxidation sites excluding steroid dienone is 2. The minimum atomic E-state index is 0.365. The Bertz CT molecular complexity index is 762. The molecule has 1 heterocycles. The molecule has 0 amide bonds. The Balaban J connectivity index is 1.86. The Morgan fingerprint density at radius 2 is 1.91 bits per heavy atom. The van der Waals surface area contributed by atoms with Gasteiger partial charge in [0.25, 0.3) is 0 Å². The Kier molecular flexibility index (Phi) is 3.37. The molecule has 0 radical (unpaired) electrons. The van der Waals surface area contributed by atoms with E-state index in [0.717, 1.165) is 6.42 Å². The molecule has 2 aromatic carbocycles. The van der Waals surface area contributed by atoms with Crippen LogP contribution in [0.25, 0.3) is 0 Å². The average Bonchev–Trinajstić information content (AvgIpc) is 2.97. The van der Waals surface area contributed by atoms with E-state index in [-0.39, 0.29) is 0 Å². The van der Waals surface area contributed by atoms with Gasteiger partial charge in [-0.05, 0) is 48.9 Å². The Hall–Kier alpha value is -1.54. The van der Waals surface area contributed by atoms with Crippen molar-refractivity contribution >= 4 is 21.6 Å². The first-order valence-corrected chi connectivity index (χ1v) is 8.73. The van der Waals surface area contributed by atoms with Gasteiger partial charge in [0.2, 0.25) is 0 Å². The molecule has 3 atom stereocenters.